The second-order valence-electron chi connectivity index (χ2n) is 15.8. The highest BCUT2D eigenvalue weighted by molar-refractivity contribution is 7.92. The monoisotopic (exact) mass is 873 g/mol. The number of anilines is 1. The average Bonchev–Trinajstić information content (AvgIpc) is 3.23. The van der Waals surface area contributed by atoms with Gasteiger partial charge in [-0.3, -0.25) is 9.59 Å². The summed E-state index contributed by atoms with van der Waals surface area (Å²) in [6.45, 7) is 7.00. The summed E-state index contributed by atoms with van der Waals surface area (Å²) < 4.78 is 39.5. The van der Waals surface area contributed by atoms with Crippen LogP contribution in [0.3, 0.4) is 0 Å². The lowest BCUT2D eigenvalue weighted by Gasteiger charge is -2.32. The highest BCUT2D eigenvalue weighted by atomic mass is 32.2. The Bertz CT molecular complexity index is 2020. The van der Waals surface area contributed by atoms with Gasteiger partial charge in [-0.15, -0.1) is 0 Å². The first-order chi connectivity index (χ1) is 29.7. The summed E-state index contributed by atoms with van der Waals surface area (Å²) in [4.78, 5) is 36.5. The molecule has 2 aromatic rings. The van der Waals surface area contributed by atoms with Gasteiger partial charge >= 0.3 is 0 Å². The van der Waals surface area contributed by atoms with Crippen LogP contribution in [0, 0.1) is 5.82 Å². The number of aliphatic hydroxyl groups excluding tert-OH is 2. The number of nitrogens with one attached hydrogen (secondary N) is 1. The predicted molar refractivity (Wildman–Crippen MR) is 250 cm³/mol. The number of carbonyl (C=O) groups excluding carboxylic acids is 2. The van der Waals surface area contributed by atoms with E-state index >= 15 is 0 Å². The van der Waals surface area contributed by atoms with Crippen molar-refractivity contribution in [2.24, 2.45) is 0 Å². The third-order valence-corrected chi connectivity index (χ3v) is 11.3. The van der Waals surface area contributed by atoms with Crippen LogP contribution < -0.4 is 9.62 Å². The van der Waals surface area contributed by atoms with E-state index in [4.69, 9.17) is 0 Å². The van der Waals surface area contributed by atoms with Crippen molar-refractivity contribution >= 4 is 33.9 Å². The molecule has 62 heavy (non-hydrogen) atoms. The average molecular weight is 874 g/mol. The van der Waals surface area contributed by atoms with Crippen molar-refractivity contribution < 1.29 is 32.6 Å². The zero-order valence-corrected chi connectivity index (χ0v) is 38.0. The number of amides is 2. The Labute approximate surface area is 369 Å². The summed E-state index contributed by atoms with van der Waals surface area (Å²) in [7, 11) is -2.34. The normalized spacial score (nSPS) is 15.5. The highest BCUT2D eigenvalue weighted by Gasteiger charge is 2.25. The Kier molecular flexibility index (Phi) is 23.1. The Morgan fingerprint density at radius 1 is 0.871 bits per heavy atom. The molecule has 1 fully saturated rings. The van der Waals surface area contributed by atoms with Gasteiger partial charge in [0.1, 0.15) is 5.82 Å². The zero-order valence-electron chi connectivity index (χ0n) is 37.2. The molecule has 2 heterocycles. The molecule has 338 valence electrons. The fourth-order valence-corrected chi connectivity index (χ4v) is 7.00. The zero-order chi connectivity index (χ0) is 45.3. The van der Waals surface area contributed by atoms with E-state index in [-0.39, 0.29) is 42.6 Å². The van der Waals surface area contributed by atoms with Crippen LogP contribution in [0.15, 0.2) is 103 Å². The summed E-state index contributed by atoms with van der Waals surface area (Å²) >= 11 is 0. The maximum Gasteiger partial charge on any atom is 0.239 e. The van der Waals surface area contributed by atoms with Gasteiger partial charge in [0.15, 0.2) is 0 Å². The number of hydrogen-bond acceptors (Lipinski definition) is 8. The van der Waals surface area contributed by atoms with Crippen LogP contribution in [0.2, 0.25) is 0 Å². The lowest BCUT2D eigenvalue weighted by molar-refractivity contribution is -0.132. The van der Waals surface area contributed by atoms with Crippen molar-refractivity contribution in [2.45, 2.75) is 122 Å². The fraction of sp³-hybridized carbons (Fsp3) is 0.469. The van der Waals surface area contributed by atoms with Gasteiger partial charge in [-0.1, -0.05) is 106 Å². The van der Waals surface area contributed by atoms with Gasteiger partial charge in [-0.05, 0) is 88.0 Å². The van der Waals surface area contributed by atoms with E-state index in [0.29, 0.717) is 61.3 Å². The van der Waals surface area contributed by atoms with Gasteiger partial charge in [-0.2, -0.15) is 0 Å². The molecule has 1 saturated heterocycles. The third-order valence-electron chi connectivity index (χ3n) is 10.2. The first-order valence-electron chi connectivity index (χ1n) is 21.8. The minimum absolute atomic E-state index is 0.0521. The van der Waals surface area contributed by atoms with Crippen LogP contribution in [0.25, 0.3) is 17.3 Å². The third kappa shape index (κ3) is 19.4. The van der Waals surface area contributed by atoms with Crippen molar-refractivity contribution in [3.05, 3.63) is 120 Å². The van der Waals surface area contributed by atoms with E-state index in [9.17, 15) is 32.6 Å². The number of sulfonamides is 1. The smallest absolute Gasteiger partial charge is 0.239 e. The molecule has 0 spiro atoms. The number of carbonyl (C=O) groups is 2. The number of hydrogen-bond donors (Lipinski definition) is 3. The van der Waals surface area contributed by atoms with E-state index in [2.05, 4.69) is 89.0 Å². The largest absolute Gasteiger partial charge is 0.392 e. The lowest BCUT2D eigenvalue weighted by atomic mass is 9.97. The van der Waals surface area contributed by atoms with Gasteiger partial charge in [-0.25, -0.2) is 27.1 Å². The molecule has 11 nitrogen and oxygen atoms in total. The maximum absolute atomic E-state index is 13.8. The molecule has 13 heteroatoms. The molecular formula is C49H68FN5O6S. The highest BCUT2D eigenvalue weighted by Crippen LogP contribution is 2.32. The molecule has 0 aliphatic carbocycles. The van der Waals surface area contributed by atoms with E-state index < -0.39 is 28.0 Å². The molecule has 1 aliphatic heterocycles. The van der Waals surface area contributed by atoms with Crippen LogP contribution >= 0.6 is 0 Å². The van der Waals surface area contributed by atoms with E-state index in [1.54, 1.807) is 6.08 Å². The number of piperidine rings is 1. The van der Waals surface area contributed by atoms with Crippen molar-refractivity contribution in [3.8, 4) is 11.3 Å². The van der Waals surface area contributed by atoms with Crippen molar-refractivity contribution in [1.29, 1.82) is 0 Å². The molecule has 3 N–H and O–H groups in total. The van der Waals surface area contributed by atoms with Crippen molar-refractivity contribution in [2.75, 3.05) is 30.7 Å². The van der Waals surface area contributed by atoms with E-state index in [0.717, 1.165) is 49.1 Å². The molecule has 2 atom stereocenters. The number of rotatable bonds is 25. The molecule has 2 amide bonds. The van der Waals surface area contributed by atoms with Gasteiger partial charge in [0, 0.05) is 50.1 Å². The second-order valence-corrected chi connectivity index (χ2v) is 17.8. The SMILES string of the molecule is CC/C=C\C/C=C\C/C=C\C/C=C\C/C=C\C/C=C\CCC(=O)N1CCC(NC(=O)CC(O)CC(O)C=Cc2c(-c3ccc(F)cc3)nc(N(C)S(C)(=O)=O)nc2C(C)C)CC1. The molecule has 0 saturated carbocycles. The first-order valence-corrected chi connectivity index (χ1v) is 23.7. The number of nitrogens with zero attached hydrogens (tertiary/aromatic N) is 4. The summed E-state index contributed by atoms with van der Waals surface area (Å²) in [6.07, 6.45) is 35.5. The second kappa shape index (κ2) is 27.9. The molecule has 0 bridgehead atoms. The summed E-state index contributed by atoms with van der Waals surface area (Å²) in [6, 6.07) is 5.48. The molecule has 2 unspecified atom stereocenters. The lowest BCUT2D eigenvalue weighted by Crippen LogP contribution is -2.47. The number of likely N-dealkylation sites (tertiary alicyclic amines) is 1. The molecule has 1 aromatic carbocycles. The van der Waals surface area contributed by atoms with Crippen LogP contribution in [-0.4, -0.2) is 90.0 Å². The number of benzene rings is 1. The Balaban J connectivity index is 1.38. The molecule has 1 aliphatic rings. The van der Waals surface area contributed by atoms with Crippen LogP contribution in [0.4, 0.5) is 10.3 Å². The molecule has 3 rings (SSSR count). The summed E-state index contributed by atoms with van der Waals surface area (Å²) in [5.41, 5.74) is 1.86. The molecule has 0 radical (unpaired) electrons. The number of aromatic nitrogens is 2. The topological polar surface area (TPSA) is 153 Å². The van der Waals surface area contributed by atoms with Crippen LogP contribution in [0.5, 0.6) is 0 Å². The van der Waals surface area contributed by atoms with Gasteiger partial charge in [0.2, 0.25) is 27.8 Å². The Morgan fingerprint density at radius 2 is 1.40 bits per heavy atom. The summed E-state index contributed by atoms with van der Waals surface area (Å²) in [5, 5.41) is 24.5. The van der Waals surface area contributed by atoms with E-state index in [1.165, 1.54) is 37.4 Å². The summed E-state index contributed by atoms with van der Waals surface area (Å²) in [5.74, 6) is -0.927. The van der Waals surface area contributed by atoms with Crippen molar-refractivity contribution in [3.63, 3.8) is 0 Å². The fourth-order valence-electron chi connectivity index (χ4n) is 6.62. The first kappa shape index (κ1) is 51.4. The van der Waals surface area contributed by atoms with Gasteiger partial charge < -0.3 is 20.4 Å². The van der Waals surface area contributed by atoms with Crippen LogP contribution in [-0.2, 0) is 19.6 Å². The molecule has 1 aromatic heterocycles. The minimum Gasteiger partial charge on any atom is -0.392 e. The maximum atomic E-state index is 13.8. The molecular weight excluding hydrogens is 806 g/mol. The quantitative estimate of drug-likeness (QED) is 0.0837. The predicted octanol–water partition coefficient (Wildman–Crippen LogP) is 8.90. The van der Waals surface area contributed by atoms with Crippen molar-refractivity contribution in [1.82, 2.24) is 20.2 Å². The minimum atomic E-state index is -3.69. The number of allylic oxidation sites excluding steroid dienone is 12. The standard InChI is InChI=1S/C49H68FN5O6S/c1-6-7-8-9-10-11-12-13-14-15-16-17-18-19-20-21-22-23-24-25-46(59)55-34-32-41(33-35-55)51-45(58)37-43(57)36-42(56)30-31-44-47(38(2)3)52-49(54(4)62(5,60)61)53-48(44)39-26-28-40(50)29-27-39/h7-8,10-11,13-14,16-17,19-20,22-23,26-31,38,41-43,56-57H,6,9,12,15,18,21,24-25,32-37H2,1-5H3,(H,51,58)/b8-7-,11-10-,14-13-,17-16-,20-19-,23-22-,31-30?. The van der Waals surface area contributed by atoms with Crippen LogP contribution in [0.1, 0.15) is 115 Å². The van der Waals surface area contributed by atoms with Gasteiger partial charge in [0.05, 0.1) is 36.3 Å². The number of halogens is 1. The Morgan fingerprint density at radius 3 is 1.92 bits per heavy atom. The van der Waals surface area contributed by atoms with E-state index in [1.807, 2.05) is 24.8 Å². The van der Waals surface area contributed by atoms with Gasteiger partial charge in [0.25, 0.3) is 0 Å². The number of aliphatic hydroxyl groups is 2. The Hall–Kier alpha value is -4.98.